The molecule has 2 aromatic rings. The average molecular weight is 352 g/mol. The van der Waals surface area contributed by atoms with Crippen LogP contribution in [0.3, 0.4) is 0 Å². The molecule has 1 aliphatic rings. The van der Waals surface area contributed by atoms with Crippen LogP contribution in [0.1, 0.15) is 42.1 Å². The first-order valence-corrected chi connectivity index (χ1v) is 9.45. The number of rotatable bonds is 5. The maximum atomic E-state index is 12.7. The van der Waals surface area contributed by atoms with Gasteiger partial charge in [0.15, 0.2) is 0 Å². The van der Waals surface area contributed by atoms with E-state index in [0.717, 1.165) is 60.7 Å². The molecule has 1 fully saturated rings. The molecular weight excluding hydrogens is 324 g/mol. The summed E-state index contributed by atoms with van der Waals surface area (Å²) in [5, 5.41) is 0. The van der Waals surface area contributed by atoms with Gasteiger partial charge in [0.2, 0.25) is 0 Å². The number of anilines is 2. The first-order chi connectivity index (χ1) is 12.6. The molecule has 1 aliphatic heterocycles. The molecular formula is C22H28N2O2. The van der Waals surface area contributed by atoms with Crippen LogP contribution < -0.4 is 9.64 Å². The lowest BCUT2D eigenvalue weighted by atomic mass is 10.0. The van der Waals surface area contributed by atoms with Crippen LogP contribution in [0.5, 0.6) is 5.75 Å². The molecule has 4 nitrogen and oxygen atoms in total. The van der Waals surface area contributed by atoms with E-state index >= 15 is 0 Å². The molecule has 0 spiro atoms. The summed E-state index contributed by atoms with van der Waals surface area (Å²) >= 11 is 0. The molecule has 0 bridgehead atoms. The molecule has 26 heavy (non-hydrogen) atoms. The Balaban J connectivity index is 1.83. The van der Waals surface area contributed by atoms with Crippen molar-refractivity contribution in [3.63, 3.8) is 0 Å². The van der Waals surface area contributed by atoms with Gasteiger partial charge in [0, 0.05) is 36.6 Å². The minimum absolute atomic E-state index is 0.159. The van der Waals surface area contributed by atoms with Gasteiger partial charge in [-0.1, -0.05) is 0 Å². The zero-order chi connectivity index (χ0) is 18.5. The van der Waals surface area contributed by atoms with Gasteiger partial charge in [-0.25, -0.2) is 0 Å². The third-order valence-corrected chi connectivity index (χ3v) is 5.08. The molecule has 0 radical (unpaired) electrons. The lowest BCUT2D eigenvalue weighted by Crippen LogP contribution is -2.35. The van der Waals surface area contributed by atoms with Crippen molar-refractivity contribution in [2.24, 2.45) is 0 Å². The topological polar surface area (TPSA) is 32.8 Å². The number of carbonyl (C=O) groups excluding carboxylic acids is 1. The zero-order valence-electron chi connectivity index (χ0n) is 16.0. The van der Waals surface area contributed by atoms with Crippen LogP contribution in [0.4, 0.5) is 11.4 Å². The van der Waals surface area contributed by atoms with Crippen molar-refractivity contribution in [1.82, 2.24) is 4.90 Å². The predicted octanol–water partition coefficient (Wildman–Crippen LogP) is 4.79. The Morgan fingerprint density at radius 1 is 1.08 bits per heavy atom. The Morgan fingerprint density at radius 3 is 2.35 bits per heavy atom. The van der Waals surface area contributed by atoms with E-state index in [2.05, 4.69) is 36.9 Å². The summed E-state index contributed by atoms with van der Waals surface area (Å²) in [6.07, 6.45) is 3.46. The number of amides is 1. The van der Waals surface area contributed by atoms with E-state index in [1.54, 1.807) is 7.11 Å². The minimum atomic E-state index is 0.159. The maximum absolute atomic E-state index is 12.7. The summed E-state index contributed by atoms with van der Waals surface area (Å²) < 4.78 is 5.25. The molecule has 1 amide bonds. The average Bonchev–Trinajstić information content (AvgIpc) is 2.70. The normalized spacial score (nSPS) is 14.2. The van der Waals surface area contributed by atoms with E-state index in [1.807, 2.05) is 29.2 Å². The molecule has 0 aliphatic carbocycles. The van der Waals surface area contributed by atoms with Gasteiger partial charge in [-0.15, -0.1) is 0 Å². The van der Waals surface area contributed by atoms with Crippen LogP contribution >= 0.6 is 0 Å². The monoisotopic (exact) mass is 352 g/mol. The summed E-state index contributed by atoms with van der Waals surface area (Å²) in [6, 6.07) is 14.1. The van der Waals surface area contributed by atoms with E-state index in [-0.39, 0.29) is 5.91 Å². The number of nitrogens with zero attached hydrogens (tertiary/aromatic N) is 2. The van der Waals surface area contributed by atoms with E-state index in [1.165, 1.54) is 6.42 Å². The lowest BCUT2D eigenvalue weighted by Gasteiger charge is -2.28. The first kappa shape index (κ1) is 18.3. The summed E-state index contributed by atoms with van der Waals surface area (Å²) in [4.78, 5) is 17.0. The number of methoxy groups -OCH3 is 1. The van der Waals surface area contributed by atoms with Gasteiger partial charge in [0.1, 0.15) is 5.75 Å². The Bertz CT molecular complexity index is 749. The van der Waals surface area contributed by atoms with Crippen molar-refractivity contribution in [1.29, 1.82) is 0 Å². The quantitative estimate of drug-likeness (QED) is 0.776. The van der Waals surface area contributed by atoms with Crippen molar-refractivity contribution in [3.05, 3.63) is 53.6 Å². The molecule has 3 rings (SSSR count). The standard InChI is InChI=1S/C22H28N2O2/c1-4-24(19-9-11-20(26-3)12-10-19)21-13-8-18(16-17(21)2)22(25)23-14-6-5-7-15-23/h8-13,16H,4-7,14-15H2,1-3H3. The fourth-order valence-corrected chi connectivity index (χ4v) is 3.63. The van der Waals surface area contributed by atoms with Crippen molar-refractivity contribution in [3.8, 4) is 5.75 Å². The Hall–Kier alpha value is -2.49. The highest BCUT2D eigenvalue weighted by atomic mass is 16.5. The predicted molar refractivity (Wildman–Crippen MR) is 107 cm³/mol. The number of hydrogen-bond acceptors (Lipinski definition) is 3. The van der Waals surface area contributed by atoms with E-state index in [4.69, 9.17) is 4.74 Å². The zero-order valence-corrected chi connectivity index (χ0v) is 16.0. The van der Waals surface area contributed by atoms with Crippen molar-refractivity contribution >= 4 is 17.3 Å². The fourth-order valence-electron chi connectivity index (χ4n) is 3.63. The number of hydrogen-bond donors (Lipinski definition) is 0. The van der Waals surface area contributed by atoms with Gasteiger partial charge < -0.3 is 14.5 Å². The Labute approximate surface area is 156 Å². The highest BCUT2D eigenvalue weighted by Gasteiger charge is 2.19. The summed E-state index contributed by atoms with van der Waals surface area (Å²) in [5.74, 6) is 1.01. The number of likely N-dealkylation sites (tertiary alicyclic amines) is 1. The summed E-state index contributed by atoms with van der Waals surface area (Å²) in [7, 11) is 1.68. The maximum Gasteiger partial charge on any atom is 0.253 e. The van der Waals surface area contributed by atoms with Crippen molar-refractivity contribution < 1.29 is 9.53 Å². The van der Waals surface area contributed by atoms with Gasteiger partial charge in [0.05, 0.1) is 7.11 Å². The van der Waals surface area contributed by atoms with Gasteiger partial charge in [-0.05, 0) is 81.1 Å². The van der Waals surface area contributed by atoms with Crippen LogP contribution in [0.2, 0.25) is 0 Å². The number of ether oxygens (including phenoxy) is 1. The molecule has 0 unspecified atom stereocenters. The smallest absolute Gasteiger partial charge is 0.253 e. The van der Waals surface area contributed by atoms with Crippen LogP contribution in [0.15, 0.2) is 42.5 Å². The number of benzene rings is 2. The third-order valence-electron chi connectivity index (χ3n) is 5.08. The van der Waals surface area contributed by atoms with Crippen LogP contribution in [0.25, 0.3) is 0 Å². The highest BCUT2D eigenvalue weighted by molar-refractivity contribution is 5.95. The SMILES string of the molecule is CCN(c1ccc(OC)cc1)c1ccc(C(=O)N2CCCCC2)cc1C. The van der Waals surface area contributed by atoms with Gasteiger partial charge >= 0.3 is 0 Å². The van der Waals surface area contributed by atoms with Crippen LogP contribution in [-0.2, 0) is 0 Å². The second-order valence-electron chi connectivity index (χ2n) is 6.80. The van der Waals surface area contributed by atoms with Gasteiger partial charge in [-0.2, -0.15) is 0 Å². The fraction of sp³-hybridized carbons (Fsp3) is 0.409. The molecule has 138 valence electrons. The second-order valence-corrected chi connectivity index (χ2v) is 6.80. The molecule has 0 aromatic heterocycles. The molecule has 0 atom stereocenters. The van der Waals surface area contributed by atoms with E-state index in [0.29, 0.717) is 0 Å². The minimum Gasteiger partial charge on any atom is -0.497 e. The third kappa shape index (κ3) is 3.85. The molecule has 1 saturated heterocycles. The molecule has 4 heteroatoms. The molecule has 0 N–H and O–H groups in total. The molecule has 0 saturated carbocycles. The second kappa shape index (κ2) is 8.26. The first-order valence-electron chi connectivity index (χ1n) is 9.45. The van der Waals surface area contributed by atoms with Crippen molar-refractivity contribution in [2.75, 3.05) is 31.6 Å². The lowest BCUT2D eigenvalue weighted by molar-refractivity contribution is 0.0724. The summed E-state index contributed by atoms with van der Waals surface area (Å²) in [6.45, 7) is 6.83. The van der Waals surface area contributed by atoms with E-state index < -0.39 is 0 Å². The van der Waals surface area contributed by atoms with Crippen LogP contribution in [-0.4, -0.2) is 37.6 Å². The van der Waals surface area contributed by atoms with Crippen LogP contribution in [0, 0.1) is 6.92 Å². The Morgan fingerprint density at radius 2 is 1.77 bits per heavy atom. The molecule has 1 heterocycles. The largest absolute Gasteiger partial charge is 0.497 e. The van der Waals surface area contributed by atoms with E-state index in [9.17, 15) is 4.79 Å². The summed E-state index contributed by atoms with van der Waals surface area (Å²) in [5.41, 5.74) is 4.16. The van der Waals surface area contributed by atoms with Crippen molar-refractivity contribution in [2.45, 2.75) is 33.1 Å². The number of carbonyl (C=O) groups is 1. The number of piperidine rings is 1. The number of aryl methyl sites for hydroxylation is 1. The highest BCUT2D eigenvalue weighted by Crippen LogP contribution is 2.30. The van der Waals surface area contributed by atoms with Gasteiger partial charge in [-0.3, -0.25) is 4.79 Å². The Kier molecular flexibility index (Phi) is 5.82. The molecule has 2 aromatic carbocycles. The van der Waals surface area contributed by atoms with Gasteiger partial charge in [0.25, 0.3) is 5.91 Å².